The van der Waals surface area contributed by atoms with E-state index in [1.165, 1.54) is 6.92 Å². The third kappa shape index (κ3) is 3.14. The van der Waals surface area contributed by atoms with Crippen molar-refractivity contribution in [3.63, 3.8) is 0 Å². The smallest absolute Gasteiger partial charge is 0.318 e. The predicted octanol–water partition coefficient (Wildman–Crippen LogP) is 1.97. The SMILES string of the molecule is Cc1cc(Cl)c(C)c(S(=O)(=O)NCC(=O)O)c1Cl. The summed E-state index contributed by atoms with van der Waals surface area (Å²) in [6.07, 6.45) is 0. The van der Waals surface area contributed by atoms with E-state index < -0.39 is 22.5 Å². The van der Waals surface area contributed by atoms with Crippen LogP contribution >= 0.6 is 23.2 Å². The van der Waals surface area contributed by atoms with Gasteiger partial charge in [-0.2, -0.15) is 4.72 Å². The molecule has 0 fully saturated rings. The first-order valence-electron chi connectivity index (χ1n) is 4.83. The summed E-state index contributed by atoms with van der Waals surface area (Å²) in [7, 11) is -4.01. The van der Waals surface area contributed by atoms with Gasteiger partial charge in [-0.05, 0) is 31.0 Å². The summed E-state index contributed by atoms with van der Waals surface area (Å²) in [6, 6.07) is 1.55. The van der Waals surface area contributed by atoms with E-state index in [1.807, 2.05) is 4.72 Å². The highest BCUT2D eigenvalue weighted by molar-refractivity contribution is 7.89. The van der Waals surface area contributed by atoms with Gasteiger partial charge in [-0.1, -0.05) is 23.2 Å². The molecule has 0 bridgehead atoms. The molecule has 0 heterocycles. The average molecular weight is 312 g/mol. The van der Waals surface area contributed by atoms with Crippen LogP contribution in [-0.2, 0) is 14.8 Å². The molecule has 2 N–H and O–H groups in total. The van der Waals surface area contributed by atoms with Crippen molar-refractivity contribution in [3.05, 3.63) is 27.2 Å². The lowest BCUT2D eigenvalue weighted by Crippen LogP contribution is -2.30. The van der Waals surface area contributed by atoms with Gasteiger partial charge < -0.3 is 5.11 Å². The predicted molar refractivity (Wildman–Crippen MR) is 68.8 cm³/mol. The van der Waals surface area contributed by atoms with Gasteiger partial charge in [0.1, 0.15) is 11.4 Å². The Balaban J connectivity index is 3.36. The van der Waals surface area contributed by atoms with E-state index >= 15 is 0 Å². The number of rotatable bonds is 4. The minimum atomic E-state index is -4.01. The number of halogens is 2. The maximum absolute atomic E-state index is 12.0. The maximum atomic E-state index is 12.0. The first-order valence-corrected chi connectivity index (χ1v) is 7.07. The molecule has 1 aromatic carbocycles. The van der Waals surface area contributed by atoms with Gasteiger partial charge in [0.15, 0.2) is 0 Å². The van der Waals surface area contributed by atoms with Crippen molar-refractivity contribution in [2.45, 2.75) is 18.7 Å². The molecule has 0 saturated heterocycles. The van der Waals surface area contributed by atoms with Gasteiger partial charge >= 0.3 is 5.97 Å². The number of sulfonamides is 1. The molecule has 0 spiro atoms. The molecule has 1 rings (SSSR count). The van der Waals surface area contributed by atoms with E-state index in [0.29, 0.717) is 5.56 Å². The largest absolute Gasteiger partial charge is 0.480 e. The van der Waals surface area contributed by atoms with Crippen LogP contribution in [0, 0.1) is 13.8 Å². The third-order valence-corrected chi connectivity index (χ3v) is 4.83. The van der Waals surface area contributed by atoms with Crippen LogP contribution in [0.15, 0.2) is 11.0 Å². The van der Waals surface area contributed by atoms with E-state index in [-0.39, 0.29) is 20.5 Å². The van der Waals surface area contributed by atoms with Crippen molar-refractivity contribution in [3.8, 4) is 0 Å². The number of aliphatic carboxylic acids is 1. The summed E-state index contributed by atoms with van der Waals surface area (Å²) in [5, 5.41) is 8.78. The number of hydrogen-bond donors (Lipinski definition) is 2. The quantitative estimate of drug-likeness (QED) is 0.890. The standard InChI is InChI=1S/C10H11Cl2NO4S/c1-5-3-7(11)6(2)10(9(5)12)18(16,17)13-4-8(14)15/h3,13H,4H2,1-2H3,(H,14,15). The molecule has 5 nitrogen and oxygen atoms in total. The Kier molecular flexibility index (Phi) is 4.61. The average Bonchev–Trinajstić information content (AvgIpc) is 2.24. The molecule has 1 aromatic rings. The van der Waals surface area contributed by atoms with E-state index in [1.54, 1.807) is 13.0 Å². The number of aryl methyl sites for hydroxylation is 1. The topological polar surface area (TPSA) is 83.5 Å². The van der Waals surface area contributed by atoms with Crippen LogP contribution < -0.4 is 4.72 Å². The summed E-state index contributed by atoms with van der Waals surface area (Å²) in [5.74, 6) is -1.29. The summed E-state index contributed by atoms with van der Waals surface area (Å²) >= 11 is 11.8. The van der Waals surface area contributed by atoms with Gasteiger partial charge in [0.25, 0.3) is 0 Å². The number of hydrogen-bond acceptors (Lipinski definition) is 3. The molecule has 0 saturated carbocycles. The molecule has 0 amide bonds. The molecule has 0 aliphatic heterocycles. The highest BCUT2D eigenvalue weighted by Crippen LogP contribution is 2.33. The Hall–Kier alpha value is -0.820. The van der Waals surface area contributed by atoms with Gasteiger partial charge in [0.2, 0.25) is 10.0 Å². The van der Waals surface area contributed by atoms with Crippen molar-refractivity contribution in [1.82, 2.24) is 4.72 Å². The molecule has 18 heavy (non-hydrogen) atoms. The summed E-state index contributed by atoms with van der Waals surface area (Å²) in [6.45, 7) is 2.40. The van der Waals surface area contributed by atoms with Gasteiger partial charge in [-0.25, -0.2) is 8.42 Å². The number of carboxylic acids is 1. The second-order valence-corrected chi connectivity index (χ2v) is 6.15. The van der Waals surface area contributed by atoms with E-state index in [2.05, 4.69) is 0 Å². The second-order valence-electron chi connectivity index (χ2n) is 3.66. The van der Waals surface area contributed by atoms with Gasteiger partial charge in [0, 0.05) is 5.02 Å². The Morgan fingerprint density at radius 2 is 1.94 bits per heavy atom. The maximum Gasteiger partial charge on any atom is 0.318 e. The van der Waals surface area contributed by atoms with Crippen molar-refractivity contribution in [2.24, 2.45) is 0 Å². The Morgan fingerprint density at radius 1 is 1.39 bits per heavy atom. The van der Waals surface area contributed by atoms with Crippen LogP contribution in [0.5, 0.6) is 0 Å². The molecule has 0 aliphatic carbocycles. The number of carbonyl (C=O) groups is 1. The first kappa shape index (κ1) is 15.2. The molecule has 0 aliphatic rings. The van der Waals surface area contributed by atoms with E-state index in [4.69, 9.17) is 28.3 Å². The van der Waals surface area contributed by atoms with E-state index in [9.17, 15) is 13.2 Å². The summed E-state index contributed by atoms with van der Waals surface area (Å²) < 4.78 is 25.9. The second kappa shape index (κ2) is 5.44. The number of benzene rings is 1. The van der Waals surface area contributed by atoms with Gasteiger partial charge in [0.05, 0.1) is 5.02 Å². The van der Waals surface area contributed by atoms with E-state index in [0.717, 1.165) is 0 Å². The van der Waals surface area contributed by atoms with Crippen molar-refractivity contribution in [1.29, 1.82) is 0 Å². The fourth-order valence-corrected chi connectivity index (χ4v) is 3.55. The van der Waals surface area contributed by atoms with Crippen molar-refractivity contribution < 1.29 is 18.3 Å². The molecule has 0 unspecified atom stereocenters. The molecule has 0 atom stereocenters. The molecule has 100 valence electrons. The van der Waals surface area contributed by atoms with Crippen LogP contribution in [0.1, 0.15) is 11.1 Å². The van der Waals surface area contributed by atoms with Crippen LogP contribution in [-0.4, -0.2) is 26.0 Å². The third-order valence-electron chi connectivity index (χ3n) is 2.27. The minimum Gasteiger partial charge on any atom is -0.480 e. The van der Waals surface area contributed by atoms with Crippen LogP contribution in [0.2, 0.25) is 10.0 Å². The first-order chi connectivity index (χ1) is 8.16. The monoisotopic (exact) mass is 311 g/mol. The zero-order chi connectivity index (χ0) is 14.1. The Bertz CT molecular complexity index is 572. The van der Waals surface area contributed by atoms with Crippen LogP contribution in [0.3, 0.4) is 0 Å². The number of carboxylic acid groups (broad SMARTS) is 1. The summed E-state index contributed by atoms with van der Waals surface area (Å²) in [5.41, 5.74) is 0.785. The fourth-order valence-electron chi connectivity index (χ4n) is 1.36. The van der Waals surface area contributed by atoms with Gasteiger partial charge in [-0.15, -0.1) is 0 Å². The lowest BCUT2D eigenvalue weighted by Gasteiger charge is -2.13. The normalized spacial score (nSPS) is 11.6. The Labute approximate surface area is 115 Å². The zero-order valence-corrected chi connectivity index (χ0v) is 11.9. The number of nitrogens with one attached hydrogen (secondary N) is 1. The molecular weight excluding hydrogens is 301 g/mol. The van der Waals surface area contributed by atoms with Crippen molar-refractivity contribution in [2.75, 3.05) is 6.54 Å². The fraction of sp³-hybridized carbons (Fsp3) is 0.300. The zero-order valence-electron chi connectivity index (χ0n) is 9.62. The summed E-state index contributed by atoms with van der Waals surface area (Å²) in [4.78, 5) is 10.2. The molecule has 0 radical (unpaired) electrons. The molecule has 8 heteroatoms. The molecular formula is C10H11Cl2NO4S. The highest BCUT2D eigenvalue weighted by Gasteiger charge is 2.24. The van der Waals surface area contributed by atoms with Crippen LogP contribution in [0.25, 0.3) is 0 Å². The van der Waals surface area contributed by atoms with Gasteiger partial charge in [-0.3, -0.25) is 4.79 Å². The van der Waals surface area contributed by atoms with Crippen molar-refractivity contribution >= 4 is 39.2 Å². The lowest BCUT2D eigenvalue weighted by molar-refractivity contribution is -0.135. The minimum absolute atomic E-state index is 0.0368. The lowest BCUT2D eigenvalue weighted by atomic mass is 10.2. The Morgan fingerprint density at radius 3 is 2.44 bits per heavy atom. The molecule has 0 aromatic heterocycles. The van der Waals surface area contributed by atoms with Crippen LogP contribution in [0.4, 0.5) is 0 Å². The highest BCUT2D eigenvalue weighted by atomic mass is 35.5.